The van der Waals surface area contributed by atoms with Crippen molar-refractivity contribution in [3.63, 3.8) is 0 Å². The van der Waals surface area contributed by atoms with E-state index < -0.39 is 6.04 Å². The third-order valence-electron chi connectivity index (χ3n) is 2.89. The van der Waals surface area contributed by atoms with Crippen molar-refractivity contribution >= 4 is 5.97 Å². The molecule has 0 saturated heterocycles. The number of aliphatic hydroxyl groups is 1. The van der Waals surface area contributed by atoms with Gasteiger partial charge in [0.2, 0.25) is 0 Å². The normalized spacial score (nSPS) is 12.4. The van der Waals surface area contributed by atoms with Crippen LogP contribution in [0.1, 0.15) is 31.9 Å². The summed E-state index contributed by atoms with van der Waals surface area (Å²) in [7, 11) is 0. The highest BCUT2D eigenvalue weighted by Gasteiger charge is 2.27. The van der Waals surface area contributed by atoms with Crippen molar-refractivity contribution in [3.05, 3.63) is 35.9 Å². The zero-order valence-electron chi connectivity index (χ0n) is 11.7. The molecule has 0 aliphatic carbocycles. The van der Waals surface area contributed by atoms with Crippen LogP contribution in [0.2, 0.25) is 0 Å². The van der Waals surface area contributed by atoms with Gasteiger partial charge in [-0.2, -0.15) is 0 Å². The highest BCUT2D eigenvalue weighted by molar-refractivity contribution is 5.77. The molecule has 1 unspecified atom stereocenters. The highest BCUT2D eigenvalue weighted by atomic mass is 16.5. The summed E-state index contributed by atoms with van der Waals surface area (Å²) in [5, 5.41) is 9.18. The molecule has 19 heavy (non-hydrogen) atoms. The minimum Gasteiger partial charge on any atom is -0.465 e. The van der Waals surface area contributed by atoms with Gasteiger partial charge in [0, 0.05) is 6.54 Å². The average molecular weight is 265 g/mol. The summed E-state index contributed by atoms with van der Waals surface area (Å²) in [6.45, 7) is 5.46. The third-order valence-corrected chi connectivity index (χ3v) is 2.89. The summed E-state index contributed by atoms with van der Waals surface area (Å²) in [4.78, 5) is 14.2. The maximum absolute atomic E-state index is 12.2. The number of benzene rings is 1. The Labute approximate surface area is 115 Å². The molecule has 0 spiro atoms. The van der Waals surface area contributed by atoms with E-state index in [9.17, 15) is 9.90 Å². The van der Waals surface area contributed by atoms with Crippen LogP contribution in [0, 0.1) is 0 Å². The second-order valence-electron chi connectivity index (χ2n) is 4.32. The summed E-state index contributed by atoms with van der Waals surface area (Å²) >= 11 is 0. The molecule has 4 nitrogen and oxygen atoms in total. The van der Waals surface area contributed by atoms with E-state index in [2.05, 4.69) is 6.92 Å². The Kier molecular flexibility index (Phi) is 7.15. The molecule has 0 bridgehead atoms. The van der Waals surface area contributed by atoms with E-state index in [1.165, 1.54) is 0 Å². The van der Waals surface area contributed by atoms with Gasteiger partial charge in [-0.05, 0) is 25.5 Å². The minimum atomic E-state index is -0.437. The lowest BCUT2D eigenvalue weighted by atomic mass is 10.1. The quantitative estimate of drug-likeness (QED) is 0.730. The first-order valence-corrected chi connectivity index (χ1v) is 6.81. The Morgan fingerprint density at radius 3 is 2.47 bits per heavy atom. The zero-order chi connectivity index (χ0) is 14.1. The maximum Gasteiger partial charge on any atom is 0.328 e. The van der Waals surface area contributed by atoms with Gasteiger partial charge in [-0.25, -0.2) is 4.79 Å². The number of carbonyl (C=O) groups is 1. The smallest absolute Gasteiger partial charge is 0.328 e. The van der Waals surface area contributed by atoms with Gasteiger partial charge >= 0.3 is 5.97 Å². The van der Waals surface area contributed by atoms with Gasteiger partial charge in [-0.3, -0.25) is 4.90 Å². The van der Waals surface area contributed by atoms with Gasteiger partial charge in [0.05, 0.1) is 13.2 Å². The van der Waals surface area contributed by atoms with Gasteiger partial charge in [0.1, 0.15) is 6.04 Å². The first kappa shape index (κ1) is 15.7. The van der Waals surface area contributed by atoms with Crippen LogP contribution in [-0.2, 0) is 9.53 Å². The first-order chi connectivity index (χ1) is 9.24. The second kappa shape index (κ2) is 8.67. The van der Waals surface area contributed by atoms with E-state index in [0.717, 1.165) is 18.5 Å². The fourth-order valence-electron chi connectivity index (χ4n) is 2.14. The second-order valence-corrected chi connectivity index (χ2v) is 4.32. The summed E-state index contributed by atoms with van der Waals surface area (Å²) < 4.78 is 5.17. The number of ether oxygens (including phenoxy) is 1. The van der Waals surface area contributed by atoms with Gasteiger partial charge in [-0.1, -0.05) is 37.3 Å². The van der Waals surface area contributed by atoms with Crippen LogP contribution in [0.25, 0.3) is 0 Å². The van der Waals surface area contributed by atoms with Crippen LogP contribution >= 0.6 is 0 Å². The molecule has 0 aliphatic rings. The van der Waals surface area contributed by atoms with Gasteiger partial charge in [0.25, 0.3) is 0 Å². The fourth-order valence-corrected chi connectivity index (χ4v) is 2.14. The maximum atomic E-state index is 12.2. The van der Waals surface area contributed by atoms with Crippen LogP contribution in [0.4, 0.5) is 0 Å². The van der Waals surface area contributed by atoms with Crippen molar-refractivity contribution in [2.24, 2.45) is 0 Å². The largest absolute Gasteiger partial charge is 0.465 e. The molecule has 0 heterocycles. The van der Waals surface area contributed by atoms with E-state index in [1.807, 2.05) is 35.2 Å². The van der Waals surface area contributed by atoms with Crippen molar-refractivity contribution in [2.45, 2.75) is 26.3 Å². The molecular weight excluding hydrogens is 242 g/mol. The molecule has 0 saturated carbocycles. The monoisotopic (exact) mass is 265 g/mol. The molecule has 106 valence electrons. The molecular formula is C15H23NO3. The van der Waals surface area contributed by atoms with Crippen molar-refractivity contribution in [2.75, 3.05) is 26.3 Å². The van der Waals surface area contributed by atoms with E-state index in [4.69, 9.17) is 4.74 Å². The minimum absolute atomic E-state index is 0.0305. The average Bonchev–Trinajstić information content (AvgIpc) is 2.41. The standard InChI is InChI=1S/C15H23NO3/c1-3-10-16(11-12-17)14(15(18)19-4-2)13-8-6-5-7-9-13/h5-9,14,17H,3-4,10-12H2,1-2H3. The summed E-state index contributed by atoms with van der Waals surface area (Å²) in [6, 6.07) is 9.13. The molecule has 0 amide bonds. The lowest BCUT2D eigenvalue weighted by Crippen LogP contribution is -2.37. The third kappa shape index (κ3) is 4.65. The number of hydrogen-bond donors (Lipinski definition) is 1. The van der Waals surface area contributed by atoms with E-state index in [1.54, 1.807) is 6.92 Å². The molecule has 4 heteroatoms. The lowest BCUT2D eigenvalue weighted by Gasteiger charge is -2.29. The first-order valence-electron chi connectivity index (χ1n) is 6.81. The SMILES string of the molecule is CCCN(CCO)C(C(=O)OCC)c1ccccc1. The van der Waals surface area contributed by atoms with Crippen molar-refractivity contribution in [3.8, 4) is 0 Å². The van der Waals surface area contributed by atoms with E-state index >= 15 is 0 Å². The Morgan fingerprint density at radius 1 is 1.26 bits per heavy atom. The van der Waals surface area contributed by atoms with Crippen LogP contribution in [0.5, 0.6) is 0 Å². The number of rotatable bonds is 8. The van der Waals surface area contributed by atoms with Crippen molar-refractivity contribution < 1.29 is 14.6 Å². The molecule has 0 aromatic heterocycles. The van der Waals surface area contributed by atoms with E-state index in [0.29, 0.717) is 13.2 Å². The molecule has 1 aromatic rings. The molecule has 0 fully saturated rings. The van der Waals surface area contributed by atoms with Gasteiger partial charge < -0.3 is 9.84 Å². The molecule has 1 atom stereocenters. The Hall–Kier alpha value is -1.39. The van der Waals surface area contributed by atoms with Crippen LogP contribution in [0.3, 0.4) is 0 Å². The number of hydrogen-bond acceptors (Lipinski definition) is 4. The van der Waals surface area contributed by atoms with Crippen molar-refractivity contribution in [1.82, 2.24) is 4.90 Å². The van der Waals surface area contributed by atoms with Crippen LogP contribution in [-0.4, -0.2) is 42.3 Å². The molecule has 1 N–H and O–H groups in total. The number of nitrogens with zero attached hydrogens (tertiary/aromatic N) is 1. The summed E-state index contributed by atoms with van der Waals surface area (Å²) in [6.07, 6.45) is 0.919. The zero-order valence-corrected chi connectivity index (χ0v) is 11.7. The molecule has 0 aliphatic heterocycles. The van der Waals surface area contributed by atoms with E-state index in [-0.39, 0.29) is 12.6 Å². The lowest BCUT2D eigenvalue weighted by molar-refractivity contribution is -0.150. The predicted octanol–water partition coefficient (Wildman–Crippen LogP) is 2.00. The highest BCUT2D eigenvalue weighted by Crippen LogP contribution is 2.22. The number of carbonyl (C=O) groups excluding carboxylic acids is 1. The Bertz CT molecular complexity index is 361. The number of esters is 1. The summed E-state index contributed by atoms with van der Waals surface area (Å²) in [5.41, 5.74) is 0.905. The van der Waals surface area contributed by atoms with Crippen LogP contribution in [0.15, 0.2) is 30.3 Å². The van der Waals surface area contributed by atoms with Gasteiger partial charge in [-0.15, -0.1) is 0 Å². The fraction of sp³-hybridized carbons (Fsp3) is 0.533. The van der Waals surface area contributed by atoms with Gasteiger partial charge in [0.15, 0.2) is 0 Å². The molecule has 1 rings (SSSR count). The molecule has 0 radical (unpaired) electrons. The predicted molar refractivity (Wildman–Crippen MR) is 74.8 cm³/mol. The molecule has 1 aromatic carbocycles. The van der Waals surface area contributed by atoms with Crippen LogP contribution < -0.4 is 0 Å². The topological polar surface area (TPSA) is 49.8 Å². The summed E-state index contributed by atoms with van der Waals surface area (Å²) in [5.74, 6) is -0.254. The Balaban J connectivity index is 2.99. The Morgan fingerprint density at radius 2 is 1.95 bits per heavy atom. The number of aliphatic hydroxyl groups excluding tert-OH is 1. The van der Waals surface area contributed by atoms with Crippen molar-refractivity contribution in [1.29, 1.82) is 0 Å².